The molecule has 2 aliphatic rings. The minimum atomic E-state index is -1.22. The molecule has 1 saturated carbocycles. The Morgan fingerprint density at radius 3 is 2.33 bits per heavy atom. The number of hydrogen-bond acceptors (Lipinski definition) is 11. The van der Waals surface area contributed by atoms with Crippen molar-refractivity contribution in [3.63, 3.8) is 0 Å². The number of carbonyl (C=O) groups excluding carboxylic acids is 1. The highest BCUT2D eigenvalue weighted by molar-refractivity contribution is 5.97. The quantitative estimate of drug-likeness (QED) is 0.0540. The number of amides is 1. The first kappa shape index (κ1) is 41.5. The summed E-state index contributed by atoms with van der Waals surface area (Å²) in [5.74, 6) is 1.14. The first-order chi connectivity index (χ1) is 26.1. The molecule has 0 saturated heterocycles. The highest BCUT2D eigenvalue weighted by Crippen LogP contribution is 2.44. The molecule has 1 aliphatic carbocycles. The van der Waals surface area contributed by atoms with Crippen LogP contribution in [0.3, 0.4) is 0 Å². The van der Waals surface area contributed by atoms with E-state index in [-0.39, 0.29) is 42.8 Å². The molecule has 1 amide bonds. The van der Waals surface area contributed by atoms with E-state index < -0.39 is 11.7 Å². The van der Waals surface area contributed by atoms with Crippen molar-refractivity contribution in [1.29, 1.82) is 0 Å². The average molecular weight is 747 g/mol. The van der Waals surface area contributed by atoms with Gasteiger partial charge >= 0.3 is 0 Å². The fraction of sp³-hybridized carbons (Fsp3) is 0.400. The molecule has 0 bridgehead atoms. The number of aromatic hydroxyl groups is 1. The highest BCUT2D eigenvalue weighted by Gasteiger charge is 2.44. The smallest absolute Gasteiger partial charge is 0.290 e. The Kier molecular flexibility index (Phi) is 16.0. The molecule has 2 heterocycles. The first-order valence-electron chi connectivity index (χ1n) is 18.0. The number of oxazole rings is 1. The van der Waals surface area contributed by atoms with Crippen LogP contribution in [0.4, 0.5) is 5.69 Å². The number of aliphatic hydroxyl groups excluding tert-OH is 1. The van der Waals surface area contributed by atoms with Crippen LogP contribution in [0.2, 0.25) is 0 Å². The lowest BCUT2D eigenvalue weighted by molar-refractivity contribution is -0.123. The lowest BCUT2D eigenvalue weighted by Gasteiger charge is -2.36. The Balaban J connectivity index is 0.00000102. The number of likely N-dealkylation sites (N-methyl/N-ethyl adjacent to an activating group) is 1. The van der Waals surface area contributed by atoms with Crippen molar-refractivity contribution in [2.45, 2.75) is 63.2 Å². The number of rotatable bonds is 14. The number of aromatic nitrogens is 1. The summed E-state index contributed by atoms with van der Waals surface area (Å²) >= 11 is 0. The molecule has 1 aliphatic heterocycles. The molecule has 290 valence electrons. The van der Waals surface area contributed by atoms with Gasteiger partial charge in [0.2, 0.25) is 5.89 Å². The maximum atomic E-state index is 12.1. The molecule has 4 aromatic rings. The third-order valence-electron chi connectivity index (χ3n) is 9.57. The molecule has 2 atom stereocenters. The first-order valence-corrected chi connectivity index (χ1v) is 18.0. The van der Waals surface area contributed by atoms with Gasteiger partial charge in [-0.3, -0.25) is 14.4 Å². The number of hydrogen-bond donors (Lipinski definition) is 7. The van der Waals surface area contributed by atoms with E-state index in [2.05, 4.69) is 51.8 Å². The zero-order chi connectivity index (χ0) is 38.9. The van der Waals surface area contributed by atoms with Crippen LogP contribution < -0.4 is 15.4 Å². The second-order valence-corrected chi connectivity index (χ2v) is 13.3. The molecule has 0 radical (unpaired) electrons. The normalized spacial score (nSPS) is 15.5. The van der Waals surface area contributed by atoms with Gasteiger partial charge in [-0.1, -0.05) is 73.9 Å². The van der Waals surface area contributed by atoms with Crippen molar-refractivity contribution >= 4 is 24.5 Å². The van der Waals surface area contributed by atoms with E-state index in [1.54, 1.807) is 12.3 Å². The summed E-state index contributed by atoms with van der Waals surface area (Å²) in [5.41, 5.74) is 2.74. The van der Waals surface area contributed by atoms with Crippen molar-refractivity contribution in [3.05, 3.63) is 107 Å². The zero-order valence-corrected chi connectivity index (χ0v) is 30.4. The van der Waals surface area contributed by atoms with Crippen LogP contribution in [0.5, 0.6) is 11.5 Å². The van der Waals surface area contributed by atoms with E-state index in [9.17, 15) is 20.1 Å². The third kappa shape index (κ3) is 11.1. The monoisotopic (exact) mass is 746 g/mol. The number of fused-ring (bicyclic) bond motifs is 1. The number of phenols is 1. The molecule has 1 unspecified atom stereocenters. The maximum Gasteiger partial charge on any atom is 0.290 e. The van der Waals surface area contributed by atoms with Crippen LogP contribution in [0.1, 0.15) is 72.1 Å². The van der Waals surface area contributed by atoms with Gasteiger partial charge in [0.25, 0.3) is 18.9 Å². The molecule has 3 aromatic carbocycles. The molecular formula is C40H50N4O10. The molecular weight excluding hydrogens is 696 g/mol. The Bertz CT molecular complexity index is 1760. The summed E-state index contributed by atoms with van der Waals surface area (Å²) in [5, 5.41) is 52.5. The number of nitrogens with zero attached hydrogens (tertiary/aromatic N) is 2. The van der Waals surface area contributed by atoms with Gasteiger partial charge in [-0.25, -0.2) is 4.98 Å². The minimum Gasteiger partial charge on any atom is -0.506 e. The Labute approximate surface area is 314 Å². The molecule has 0 spiro atoms. The number of ether oxygens (including phenoxy) is 1. The molecule has 14 nitrogen and oxygen atoms in total. The maximum absolute atomic E-state index is 12.1. The lowest BCUT2D eigenvalue weighted by Crippen LogP contribution is -2.38. The van der Waals surface area contributed by atoms with Gasteiger partial charge in [0.15, 0.2) is 18.0 Å². The van der Waals surface area contributed by atoms with E-state index in [0.29, 0.717) is 36.7 Å². The second kappa shape index (κ2) is 20.8. The lowest BCUT2D eigenvalue weighted by atomic mass is 9.73. The SMILES string of the molecule is CN(CCc1cnc([C@](O)(c2ccccc2)C2CCCCC2)o1)Cc1ccc(CCNCC(O)c2ccc(O)c3c2OCC(=O)N3)cc1.O=CO.O=CO. The number of phenolic OH excluding ortho intramolecular Hbond substituents is 1. The topological polar surface area (TPSA) is 215 Å². The van der Waals surface area contributed by atoms with Crippen LogP contribution in [0.25, 0.3) is 0 Å². The summed E-state index contributed by atoms with van der Waals surface area (Å²) in [4.78, 5) is 35.2. The van der Waals surface area contributed by atoms with Crippen molar-refractivity contribution in [1.82, 2.24) is 15.2 Å². The van der Waals surface area contributed by atoms with Crippen LogP contribution in [-0.2, 0) is 39.4 Å². The largest absolute Gasteiger partial charge is 0.506 e. The summed E-state index contributed by atoms with van der Waals surface area (Å²) < 4.78 is 11.7. The molecule has 7 N–H and O–H groups in total. The van der Waals surface area contributed by atoms with Gasteiger partial charge in [-0.2, -0.15) is 0 Å². The van der Waals surface area contributed by atoms with Gasteiger partial charge in [0, 0.05) is 37.5 Å². The van der Waals surface area contributed by atoms with E-state index in [4.69, 9.17) is 29.0 Å². The van der Waals surface area contributed by atoms with E-state index in [0.717, 1.165) is 56.5 Å². The van der Waals surface area contributed by atoms with Crippen LogP contribution in [-0.4, -0.2) is 87.6 Å². The Morgan fingerprint density at radius 1 is 0.981 bits per heavy atom. The van der Waals surface area contributed by atoms with Gasteiger partial charge in [0.1, 0.15) is 17.2 Å². The molecule has 14 heteroatoms. The average Bonchev–Trinajstić information content (AvgIpc) is 3.67. The summed E-state index contributed by atoms with van der Waals surface area (Å²) in [6, 6.07) is 21.4. The predicted octanol–water partition coefficient (Wildman–Crippen LogP) is 4.47. The number of anilines is 1. The van der Waals surface area contributed by atoms with Crippen molar-refractivity contribution in [2.24, 2.45) is 5.92 Å². The highest BCUT2D eigenvalue weighted by atomic mass is 16.5. The number of nitrogens with one attached hydrogen (secondary N) is 2. The van der Waals surface area contributed by atoms with Gasteiger partial charge in [0.05, 0.1) is 12.3 Å². The molecule has 6 rings (SSSR count). The number of carbonyl (C=O) groups is 3. The van der Waals surface area contributed by atoms with Crippen molar-refractivity contribution < 1.29 is 49.1 Å². The number of benzene rings is 3. The molecule has 1 aromatic heterocycles. The van der Waals surface area contributed by atoms with Gasteiger partial charge in [-0.15, -0.1) is 0 Å². The van der Waals surface area contributed by atoms with E-state index in [1.165, 1.54) is 23.6 Å². The summed E-state index contributed by atoms with van der Waals surface area (Å²) in [6.07, 6.45) is 7.77. The second-order valence-electron chi connectivity index (χ2n) is 13.3. The number of aliphatic hydroxyl groups is 2. The van der Waals surface area contributed by atoms with E-state index >= 15 is 0 Å². The molecule has 1 fully saturated rings. The molecule has 54 heavy (non-hydrogen) atoms. The van der Waals surface area contributed by atoms with Crippen LogP contribution in [0, 0.1) is 5.92 Å². The summed E-state index contributed by atoms with van der Waals surface area (Å²) in [7, 11) is 2.09. The number of carboxylic acid groups (broad SMARTS) is 2. The van der Waals surface area contributed by atoms with E-state index in [1.807, 2.05) is 30.3 Å². The zero-order valence-electron chi connectivity index (χ0n) is 30.4. The predicted molar refractivity (Wildman–Crippen MR) is 200 cm³/mol. The third-order valence-corrected chi connectivity index (χ3v) is 9.57. The van der Waals surface area contributed by atoms with Crippen molar-refractivity contribution in [3.8, 4) is 11.5 Å². The Hall–Kier alpha value is -5.28. The van der Waals surface area contributed by atoms with Gasteiger partial charge < -0.3 is 50.2 Å². The fourth-order valence-corrected chi connectivity index (χ4v) is 6.87. The van der Waals surface area contributed by atoms with Crippen molar-refractivity contribution in [2.75, 3.05) is 38.6 Å². The standard InChI is InChI=1S/C38H46N4O6.2CH2O2/c1-42(21-19-30-22-40-37(48-30)38(46,28-8-4-2-5-9-28)29-10-6-3-7-11-29)24-27-14-12-26(13-15-27)18-20-39-23-33(44)31-16-17-32(43)35-36(31)47-25-34(45)41-35;2*2-1-3/h2,4-5,8-9,12-17,22,29,33,39,43-44,46H,3,6-7,10-11,18-21,23-25H2,1H3,(H,41,45);2*1H,(H,2,3)/t33?,38-;;/m0../s1. The fourth-order valence-electron chi connectivity index (χ4n) is 6.87. The summed E-state index contributed by atoms with van der Waals surface area (Å²) in [6.45, 7) is 1.90. The van der Waals surface area contributed by atoms with Gasteiger partial charge in [-0.05, 0) is 61.7 Å². The Morgan fingerprint density at radius 2 is 1.65 bits per heavy atom. The van der Waals surface area contributed by atoms with Crippen LogP contribution >= 0.6 is 0 Å². The minimum absolute atomic E-state index is 0.0887. The van der Waals surface area contributed by atoms with Crippen LogP contribution in [0.15, 0.2) is 77.3 Å².